The van der Waals surface area contributed by atoms with Crippen LogP contribution in [0.15, 0.2) is 42.5 Å². The third-order valence-corrected chi connectivity index (χ3v) is 2.78. The number of anilines is 1. The summed E-state index contributed by atoms with van der Waals surface area (Å²) in [6.07, 6.45) is 0. The molecule has 0 atom stereocenters. The number of hydrogen-bond acceptors (Lipinski definition) is 4. The molecule has 0 aliphatic carbocycles. The van der Waals surface area contributed by atoms with Gasteiger partial charge in [-0.15, -0.1) is 0 Å². The normalized spacial score (nSPS) is 9.90. The Hall–Kier alpha value is -2.69. The van der Waals surface area contributed by atoms with Gasteiger partial charge in [-0.2, -0.15) is 0 Å². The number of benzene rings is 2. The summed E-state index contributed by atoms with van der Waals surface area (Å²) in [7, 11) is 3.04. The van der Waals surface area contributed by atoms with Crippen molar-refractivity contribution in [3.8, 4) is 17.2 Å². The zero-order valence-corrected chi connectivity index (χ0v) is 11.2. The Morgan fingerprint density at radius 1 is 1.05 bits per heavy atom. The molecule has 104 valence electrons. The number of ether oxygens (including phenoxy) is 2. The van der Waals surface area contributed by atoms with E-state index in [1.165, 1.54) is 19.2 Å². The molecule has 0 bridgehead atoms. The van der Waals surface area contributed by atoms with Crippen molar-refractivity contribution in [2.75, 3.05) is 19.5 Å². The van der Waals surface area contributed by atoms with E-state index in [2.05, 4.69) is 5.32 Å². The second-order valence-corrected chi connectivity index (χ2v) is 4.07. The van der Waals surface area contributed by atoms with Gasteiger partial charge in [0, 0.05) is 17.8 Å². The predicted molar refractivity (Wildman–Crippen MR) is 75.6 cm³/mol. The molecule has 0 saturated carbocycles. The van der Waals surface area contributed by atoms with Crippen molar-refractivity contribution in [2.45, 2.75) is 0 Å². The highest BCUT2D eigenvalue weighted by Crippen LogP contribution is 2.25. The van der Waals surface area contributed by atoms with Gasteiger partial charge in [0.2, 0.25) is 0 Å². The molecule has 0 heterocycles. The molecular weight excluding hydrogens is 258 g/mol. The van der Waals surface area contributed by atoms with E-state index in [0.29, 0.717) is 17.2 Å². The predicted octanol–water partition coefficient (Wildman–Crippen LogP) is 2.66. The first-order valence-electron chi connectivity index (χ1n) is 5.96. The molecular formula is C15H15NO4. The van der Waals surface area contributed by atoms with E-state index in [4.69, 9.17) is 9.47 Å². The average Bonchev–Trinajstić information content (AvgIpc) is 2.47. The summed E-state index contributed by atoms with van der Waals surface area (Å²) in [6, 6.07) is 11.5. The van der Waals surface area contributed by atoms with Crippen LogP contribution in [0.3, 0.4) is 0 Å². The van der Waals surface area contributed by atoms with Crippen LogP contribution in [0.4, 0.5) is 5.69 Å². The average molecular weight is 273 g/mol. The second-order valence-electron chi connectivity index (χ2n) is 4.07. The molecule has 0 fully saturated rings. The zero-order chi connectivity index (χ0) is 14.5. The van der Waals surface area contributed by atoms with Crippen LogP contribution in [-0.2, 0) is 0 Å². The largest absolute Gasteiger partial charge is 0.507 e. The number of methoxy groups -OCH3 is 2. The molecule has 0 aromatic heterocycles. The SMILES string of the molecule is COc1cccc(NC(=O)c2ccc(OC)cc2O)c1. The molecule has 0 spiro atoms. The monoisotopic (exact) mass is 273 g/mol. The number of aromatic hydroxyl groups is 1. The van der Waals surface area contributed by atoms with Gasteiger partial charge in [-0.05, 0) is 24.3 Å². The molecule has 5 nitrogen and oxygen atoms in total. The smallest absolute Gasteiger partial charge is 0.259 e. The molecule has 2 rings (SSSR count). The van der Waals surface area contributed by atoms with E-state index < -0.39 is 5.91 Å². The molecule has 0 saturated heterocycles. The first kappa shape index (κ1) is 13.7. The van der Waals surface area contributed by atoms with E-state index in [1.807, 2.05) is 0 Å². The van der Waals surface area contributed by atoms with Crippen LogP contribution in [-0.4, -0.2) is 25.2 Å². The molecule has 0 aliphatic rings. The van der Waals surface area contributed by atoms with Crippen LogP contribution < -0.4 is 14.8 Å². The van der Waals surface area contributed by atoms with Crippen molar-refractivity contribution in [1.29, 1.82) is 0 Å². The van der Waals surface area contributed by atoms with E-state index in [9.17, 15) is 9.90 Å². The van der Waals surface area contributed by atoms with Crippen LogP contribution in [0.2, 0.25) is 0 Å². The van der Waals surface area contributed by atoms with E-state index in [1.54, 1.807) is 37.4 Å². The number of phenols is 1. The van der Waals surface area contributed by atoms with Gasteiger partial charge in [0.1, 0.15) is 17.2 Å². The summed E-state index contributed by atoms with van der Waals surface area (Å²) in [4.78, 5) is 12.1. The van der Waals surface area contributed by atoms with Crippen molar-refractivity contribution >= 4 is 11.6 Å². The van der Waals surface area contributed by atoms with Gasteiger partial charge in [-0.25, -0.2) is 0 Å². The number of carbonyl (C=O) groups excluding carboxylic acids is 1. The fourth-order valence-electron chi connectivity index (χ4n) is 1.73. The number of nitrogens with one attached hydrogen (secondary N) is 1. The fourth-order valence-corrected chi connectivity index (χ4v) is 1.73. The Bertz CT molecular complexity index is 625. The molecule has 2 aromatic carbocycles. The minimum Gasteiger partial charge on any atom is -0.507 e. The molecule has 0 unspecified atom stereocenters. The first-order chi connectivity index (χ1) is 9.63. The van der Waals surface area contributed by atoms with E-state index >= 15 is 0 Å². The van der Waals surface area contributed by atoms with Gasteiger partial charge >= 0.3 is 0 Å². The Morgan fingerprint density at radius 2 is 1.75 bits per heavy atom. The van der Waals surface area contributed by atoms with E-state index in [-0.39, 0.29) is 11.3 Å². The third kappa shape index (κ3) is 3.00. The summed E-state index contributed by atoms with van der Waals surface area (Å²) in [5, 5.41) is 12.5. The van der Waals surface area contributed by atoms with Crippen LogP contribution in [0.1, 0.15) is 10.4 Å². The lowest BCUT2D eigenvalue weighted by Gasteiger charge is -2.09. The van der Waals surface area contributed by atoms with Crippen LogP contribution >= 0.6 is 0 Å². The van der Waals surface area contributed by atoms with Gasteiger partial charge in [-0.3, -0.25) is 4.79 Å². The maximum atomic E-state index is 12.1. The van der Waals surface area contributed by atoms with Crippen molar-refractivity contribution in [3.63, 3.8) is 0 Å². The standard InChI is InChI=1S/C15H15NO4/c1-19-11-5-3-4-10(8-11)16-15(18)13-7-6-12(20-2)9-14(13)17/h3-9,17H,1-2H3,(H,16,18). The maximum absolute atomic E-state index is 12.1. The molecule has 0 aliphatic heterocycles. The Kier molecular flexibility index (Phi) is 4.10. The molecule has 20 heavy (non-hydrogen) atoms. The van der Waals surface area contributed by atoms with Crippen molar-refractivity contribution in [1.82, 2.24) is 0 Å². The minimum atomic E-state index is -0.404. The number of hydrogen-bond donors (Lipinski definition) is 2. The van der Waals surface area contributed by atoms with Crippen LogP contribution in [0.25, 0.3) is 0 Å². The third-order valence-electron chi connectivity index (χ3n) is 2.78. The van der Waals surface area contributed by atoms with Crippen molar-refractivity contribution < 1.29 is 19.4 Å². The first-order valence-corrected chi connectivity index (χ1v) is 5.96. The summed E-state index contributed by atoms with van der Waals surface area (Å²) < 4.78 is 10.0. The van der Waals surface area contributed by atoms with Gasteiger partial charge in [0.15, 0.2) is 0 Å². The molecule has 2 N–H and O–H groups in total. The highest BCUT2D eigenvalue weighted by atomic mass is 16.5. The summed E-state index contributed by atoms with van der Waals surface area (Å²) in [5.41, 5.74) is 0.762. The number of amides is 1. The highest BCUT2D eigenvalue weighted by Gasteiger charge is 2.12. The molecule has 2 aromatic rings. The summed E-state index contributed by atoms with van der Waals surface area (Å²) >= 11 is 0. The second kappa shape index (κ2) is 5.97. The lowest BCUT2D eigenvalue weighted by Crippen LogP contribution is -2.12. The topological polar surface area (TPSA) is 67.8 Å². The minimum absolute atomic E-state index is 0.134. The van der Waals surface area contributed by atoms with Crippen molar-refractivity contribution in [3.05, 3.63) is 48.0 Å². The molecule has 5 heteroatoms. The molecule has 0 radical (unpaired) electrons. The van der Waals surface area contributed by atoms with Crippen LogP contribution in [0.5, 0.6) is 17.2 Å². The molecule has 1 amide bonds. The van der Waals surface area contributed by atoms with E-state index in [0.717, 1.165) is 0 Å². The summed E-state index contributed by atoms with van der Waals surface area (Å²) in [6.45, 7) is 0. The summed E-state index contributed by atoms with van der Waals surface area (Å²) in [5.74, 6) is 0.588. The Balaban J connectivity index is 2.19. The lowest BCUT2D eigenvalue weighted by molar-refractivity contribution is 0.102. The lowest BCUT2D eigenvalue weighted by atomic mass is 10.1. The van der Waals surface area contributed by atoms with Gasteiger partial charge in [0.25, 0.3) is 5.91 Å². The number of phenolic OH excluding ortho intramolecular Hbond substituents is 1. The highest BCUT2D eigenvalue weighted by molar-refractivity contribution is 6.06. The quantitative estimate of drug-likeness (QED) is 0.898. The fraction of sp³-hybridized carbons (Fsp3) is 0.133. The van der Waals surface area contributed by atoms with Gasteiger partial charge in [0.05, 0.1) is 19.8 Å². The number of rotatable bonds is 4. The zero-order valence-electron chi connectivity index (χ0n) is 11.2. The maximum Gasteiger partial charge on any atom is 0.259 e. The van der Waals surface area contributed by atoms with Gasteiger partial charge in [-0.1, -0.05) is 6.07 Å². The number of carbonyl (C=O) groups is 1. The Morgan fingerprint density at radius 3 is 2.40 bits per heavy atom. The van der Waals surface area contributed by atoms with Gasteiger partial charge < -0.3 is 19.9 Å². The Labute approximate surface area is 116 Å². The van der Waals surface area contributed by atoms with Crippen molar-refractivity contribution in [2.24, 2.45) is 0 Å². The van der Waals surface area contributed by atoms with Crippen LogP contribution in [0, 0.1) is 0 Å².